The van der Waals surface area contributed by atoms with Crippen LogP contribution in [0.2, 0.25) is 0 Å². The minimum absolute atomic E-state index is 0.0111. The zero-order valence-electron chi connectivity index (χ0n) is 21.3. The van der Waals surface area contributed by atoms with E-state index in [0.717, 1.165) is 16.8 Å². The van der Waals surface area contributed by atoms with E-state index in [1.807, 2.05) is 6.07 Å². The zero-order chi connectivity index (χ0) is 30.8. The topological polar surface area (TPSA) is 119 Å². The van der Waals surface area contributed by atoms with Crippen LogP contribution in [0.1, 0.15) is 40.0 Å². The van der Waals surface area contributed by atoms with Crippen LogP contribution < -0.4 is 5.48 Å². The Hall–Kier alpha value is -1.13. The molecule has 2 aromatic rings. The van der Waals surface area contributed by atoms with Crippen molar-refractivity contribution in [1.82, 2.24) is 10.5 Å². The highest BCUT2D eigenvalue weighted by molar-refractivity contribution is 9.20. The summed E-state index contributed by atoms with van der Waals surface area (Å²) in [5.41, 5.74) is 2.94. The molecule has 0 aliphatic carbocycles. The van der Waals surface area contributed by atoms with Gasteiger partial charge in [-0.25, -0.2) is 9.59 Å². The van der Waals surface area contributed by atoms with Gasteiger partial charge in [-0.3, -0.25) is 14.4 Å². The predicted octanol–water partition coefficient (Wildman–Crippen LogP) is 6.63. The van der Waals surface area contributed by atoms with Crippen molar-refractivity contribution in [2.45, 2.75) is 33.7 Å². The summed E-state index contributed by atoms with van der Waals surface area (Å²) in [6, 6.07) is 17.0. The average Bonchev–Trinajstić information content (AvgIpc) is 3.29. The Morgan fingerprint density at radius 2 is 1.34 bits per heavy atom. The number of nitrogens with one attached hydrogen (secondary N) is 1. The second kappa shape index (κ2) is 21.5. The summed E-state index contributed by atoms with van der Waals surface area (Å²) in [4.78, 5) is 65.4. The van der Waals surface area contributed by atoms with Crippen LogP contribution in [0.5, 0.6) is 0 Å². The summed E-state index contributed by atoms with van der Waals surface area (Å²) < 4.78 is 0.0111. The van der Waals surface area contributed by atoms with E-state index >= 15 is 0 Å². The first-order valence-corrected chi connectivity index (χ1v) is 17.7. The minimum atomic E-state index is -0.586. The Balaban J connectivity index is 0.000000328. The third-order valence-electron chi connectivity index (χ3n) is 4.81. The van der Waals surface area contributed by atoms with Crippen molar-refractivity contribution in [2.75, 3.05) is 17.2 Å². The normalized spacial score (nSPS) is 15.2. The number of hydrogen-bond acceptors (Lipinski definition) is 7. The lowest BCUT2D eigenvalue weighted by molar-refractivity contribution is -0.158. The number of hydrogen-bond donors (Lipinski definition) is 1. The molecule has 0 spiro atoms. The van der Waals surface area contributed by atoms with E-state index in [4.69, 9.17) is 4.84 Å². The van der Waals surface area contributed by atoms with Crippen LogP contribution in [0.25, 0.3) is 0 Å². The van der Waals surface area contributed by atoms with Gasteiger partial charge in [0.05, 0.1) is 32.2 Å². The van der Waals surface area contributed by atoms with Crippen molar-refractivity contribution in [1.29, 1.82) is 0 Å². The van der Waals surface area contributed by atoms with Crippen molar-refractivity contribution in [2.24, 2.45) is 0 Å². The lowest BCUT2D eigenvalue weighted by Gasteiger charge is -2.14. The van der Waals surface area contributed by atoms with Gasteiger partial charge in [0.1, 0.15) is 0 Å². The number of hydroxylamine groups is 3. The van der Waals surface area contributed by atoms with E-state index in [2.05, 4.69) is 106 Å². The van der Waals surface area contributed by atoms with Gasteiger partial charge in [-0.15, -0.1) is 0 Å². The number of carbonyl (C=O) groups is 5. The molecule has 15 heteroatoms. The molecule has 0 aromatic heterocycles. The molecule has 224 valence electrons. The molecule has 2 aromatic carbocycles. The predicted molar refractivity (Wildman–Crippen MR) is 177 cm³/mol. The van der Waals surface area contributed by atoms with Crippen LogP contribution in [0.4, 0.5) is 0 Å². The monoisotopic (exact) mass is 952 g/mol. The first-order valence-electron chi connectivity index (χ1n) is 11.9. The fourth-order valence-corrected chi connectivity index (χ4v) is 6.03. The molecule has 3 rings (SSSR count). The number of alkyl halides is 5. The highest BCUT2D eigenvalue weighted by atomic mass is 79.9. The molecule has 9 nitrogen and oxygen atoms in total. The highest BCUT2D eigenvalue weighted by Gasteiger charge is 2.32. The van der Waals surface area contributed by atoms with Gasteiger partial charge in [-0.05, 0) is 59.5 Å². The summed E-state index contributed by atoms with van der Waals surface area (Å²) in [5.74, 6) is -1.67. The second-order valence-electron chi connectivity index (χ2n) is 7.86. The van der Waals surface area contributed by atoms with E-state index in [0.29, 0.717) is 35.8 Å². The standard InChI is InChI=1S/C11H11Br2NO3.C11H10BrNO3.C4H5Br3O/c12-7-6-9(13)10(15)14-17-11(16)8-4-2-1-3-5-8;12-9-6-7-13(10(9)14)16-11(15)8-4-2-1-3-5-8;5-2-1-3(6)4(7)8/h1-5,9H,6-7H2,(H,14,15);1-5,9H,6-7H2;3H,1-2H2. The van der Waals surface area contributed by atoms with Gasteiger partial charge in [0.15, 0.2) is 0 Å². The molecule has 1 fully saturated rings. The average molecular weight is 958 g/mol. The number of amides is 2. The quantitative estimate of drug-likeness (QED) is 0.170. The summed E-state index contributed by atoms with van der Waals surface area (Å²) in [7, 11) is 0. The maximum absolute atomic E-state index is 11.6. The summed E-state index contributed by atoms with van der Waals surface area (Å²) in [6.07, 6.45) is 2.08. The van der Waals surface area contributed by atoms with Crippen LogP contribution >= 0.6 is 95.6 Å². The van der Waals surface area contributed by atoms with Crippen LogP contribution in [-0.2, 0) is 24.1 Å². The van der Waals surface area contributed by atoms with E-state index < -0.39 is 11.9 Å². The van der Waals surface area contributed by atoms with E-state index in [1.165, 1.54) is 0 Å². The lowest BCUT2D eigenvalue weighted by Crippen LogP contribution is -2.33. The van der Waals surface area contributed by atoms with Crippen molar-refractivity contribution in [3.63, 3.8) is 0 Å². The molecule has 3 unspecified atom stereocenters. The molecular formula is C26H26Br6N2O7. The number of halogens is 6. The van der Waals surface area contributed by atoms with Crippen molar-refractivity contribution >= 4 is 124 Å². The Bertz CT molecular complexity index is 1130. The molecule has 1 aliphatic rings. The Labute approximate surface area is 288 Å². The van der Waals surface area contributed by atoms with Gasteiger partial charge in [-0.2, -0.15) is 10.5 Å². The van der Waals surface area contributed by atoms with Crippen molar-refractivity contribution in [3.8, 4) is 0 Å². The number of benzene rings is 2. The number of rotatable bonds is 9. The van der Waals surface area contributed by atoms with Crippen LogP contribution in [-0.4, -0.2) is 65.2 Å². The molecule has 1 heterocycles. The molecule has 0 bridgehead atoms. The SMILES string of the molecule is O=C(Br)C(Br)CCBr.O=C(ON1CCC(Br)C1=O)c1ccccc1.O=C(ONC(=O)C(Br)CCBr)c1ccccc1. The van der Waals surface area contributed by atoms with Crippen LogP contribution in [0, 0.1) is 0 Å². The largest absolute Gasteiger partial charge is 0.363 e. The van der Waals surface area contributed by atoms with E-state index in [1.54, 1.807) is 54.6 Å². The number of nitrogens with zero attached hydrogens (tertiary/aromatic N) is 1. The summed E-state index contributed by atoms with van der Waals surface area (Å²) >= 11 is 18.8. The molecule has 41 heavy (non-hydrogen) atoms. The lowest BCUT2D eigenvalue weighted by atomic mass is 10.2. The Morgan fingerprint density at radius 3 is 1.76 bits per heavy atom. The maximum Gasteiger partial charge on any atom is 0.363 e. The van der Waals surface area contributed by atoms with Gasteiger partial charge in [-0.1, -0.05) is 116 Å². The zero-order valence-corrected chi connectivity index (χ0v) is 30.8. The Morgan fingerprint density at radius 1 is 0.854 bits per heavy atom. The second-order valence-corrected chi connectivity index (χ2v) is 13.5. The first-order chi connectivity index (χ1) is 19.5. The summed E-state index contributed by atoms with van der Waals surface area (Å²) in [6.45, 7) is 0.438. The van der Waals surface area contributed by atoms with Crippen LogP contribution in [0.15, 0.2) is 60.7 Å². The van der Waals surface area contributed by atoms with Crippen LogP contribution in [0.3, 0.4) is 0 Å². The maximum atomic E-state index is 11.6. The Kier molecular flexibility index (Phi) is 19.9. The molecule has 1 saturated heterocycles. The summed E-state index contributed by atoms with van der Waals surface area (Å²) in [5, 5.41) is 2.64. The smallest absolute Gasteiger partial charge is 0.335 e. The van der Waals surface area contributed by atoms with Gasteiger partial charge < -0.3 is 9.68 Å². The molecule has 3 atom stereocenters. The molecule has 1 N–H and O–H groups in total. The van der Waals surface area contributed by atoms with E-state index in [-0.39, 0.29) is 31.0 Å². The fraction of sp³-hybridized carbons (Fsp3) is 0.346. The van der Waals surface area contributed by atoms with Crippen molar-refractivity contribution < 1.29 is 33.6 Å². The van der Waals surface area contributed by atoms with Gasteiger partial charge in [0.2, 0.25) is 4.69 Å². The first kappa shape index (κ1) is 37.9. The van der Waals surface area contributed by atoms with Gasteiger partial charge >= 0.3 is 11.9 Å². The third kappa shape index (κ3) is 15.2. The number of carbonyl (C=O) groups excluding carboxylic acids is 5. The molecule has 0 saturated carbocycles. The van der Waals surface area contributed by atoms with E-state index in [9.17, 15) is 24.0 Å². The van der Waals surface area contributed by atoms with Gasteiger partial charge in [0.25, 0.3) is 11.8 Å². The fourth-order valence-electron chi connectivity index (χ4n) is 2.67. The van der Waals surface area contributed by atoms with Crippen molar-refractivity contribution in [3.05, 3.63) is 71.8 Å². The molecule has 0 radical (unpaired) electrons. The van der Waals surface area contributed by atoms with Gasteiger partial charge in [0, 0.05) is 10.7 Å². The minimum Gasteiger partial charge on any atom is -0.335 e. The molecular weight excluding hydrogens is 932 g/mol. The molecule has 2 amide bonds. The molecule has 1 aliphatic heterocycles. The third-order valence-corrected chi connectivity index (χ3v) is 9.49. The highest BCUT2D eigenvalue weighted by Crippen LogP contribution is 2.19.